The SMILES string of the molecule is CCC(C(=O)NCC(C)C)N(Cc1ccc(C)cc1)C(=O)CCCN(c1ccc(C)c(C)c1)S(C)(=O)=O. The number of amides is 2. The van der Waals surface area contributed by atoms with Gasteiger partial charge >= 0.3 is 0 Å². The average Bonchev–Trinajstić information content (AvgIpc) is 2.82. The average molecular weight is 530 g/mol. The number of anilines is 1. The Morgan fingerprint density at radius 3 is 2.16 bits per heavy atom. The molecule has 0 fully saturated rings. The molecular formula is C29H43N3O4S. The number of carbonyl (C=O) groups excluding carboxylic acids is 2. The van der Waals surface area contributed by atoms with E-state index in [9.17, 15) is 18.0 Å². The first kappa shape index (κ1) is 30.4. The molecule has 2 rings (SSSR count). The highest BCUT2D eigenvalue weighted by Crippen LogP contribution is 2.22. The van der Waals surface area contributed by atoms with E-state index in [1.54, 1.807) is 11.0 Å². The molecule has 1 N–H and O–H groups in total. The number of hydrogen-bond acceptors (Lipinski definition) is 4. The van der Waals surface area contributed by atoms with Gasteiger partial charge < -0.3 is 10.2 Å². The minimum atomic E-state index is -3.52. The van der Waals surface area contributed by atoms with Crippen molar-refractivity contribution in [3.63, 3.8) is 0 Å². The fourth-order valence-electron chi connectivity index (χ4n) is 4.12. The fraction of sp³-hybridized carbons (Fsp3) is 0.517. The number of rotatable bonds is 13. The van der Waals surface area contributed by atoms with Gasteiger partial charge in [-0.2, -0.15) is 0 Å². The second-order valence-electron chi connectivity index (χ2n) is 10.3. The summed E-state index contributed by atoms with van der Waals surface area (Å²) >= 11 is 0. The van der Waals surface area contributed by atoms with Gasteiger partial charge in [0.05, 0.1) is 11.9 Å². The number of benzene rings is 2. The lowest BCUT2D eigenvalue weighted by Crippen LogP contribution is -2.49. The second-order valence-corrected chi connectivity index (χ2v) is 12.2. The van der Waals surface area contributed by atoms with E-state index in [4.69, 9.17) is 0 Å². The molecule has 0 aliphatic rings. The molecule has 1 unspecified atom stereocenters. The Balaban J connectivity index is 2.22. The van der Waals surface area contributed by atoms with Crippen LogP contribution in [-0.4, -0.2) is 50.5 Å². The summed E-state index contributed by atoms with van der Waals surface area (Å²) in [5, 5.41) is 2.97. The summed E-state index contributed by atoms with van der Waals surface area (Å²) in [5.74, 6) is -0.0275. The Bertz CT molecular complexity index is 1160. The summed E-state index contributed by atoms with van der Waals surface area (Å²) in [4.78, 5) is 28.2. The Hall–Kier alpha value is -2.87. The van der Waals surface area contributed by atoms with E-state index in [1.165, 1.54) is 10.6 Å². The maximum absolute atomic E-state index is 13.5. The van der Waals surface area contributed by atoms with Crippen LogP contribution in [0.4, 0.5) is 5.69 Å². The number of aryl methyl sites for hydroxylation is 3. The summed E-state index contributed by atoms with van der Waals surface area (Å²) in [5.41, 5.74) is 4.75. The van der Waals surface area contributed by atoms with Gasteiger partial charge in [-0.3, -0.25) is 13.9 Å². The van der Waals surface area contributed by atoms with Crippen LogP contribution in [0.3, 0.4) is 0 Å². The molecule has 0 saturated heterocycles. The van der Waals surface area contributed by atoms with Crippen molar-refractivity contribution in [3.05, 3.63) is 64.7 Å². The Labute approximate surface area is 223 Å². The molecule has 1 atom stereocenters. The molecule has 2 amide bonds. The number of nitrogens with one attached hydrogen (secondary N) is 1. The third kappa shape index (κ3) is 9.18. The molecule has 0 aromatic heterocycles. The van der Waals surface area contributed by atoms with Crippen LogP contribution in [0.2, 0.25) is 0 Å². The quantitative estimate of drug-likeness (QED) is 0.406. The van der Waals surface area contributed by atoms with Crippen molar-refractivity contribution in [2.24, 2.45) is 5.92 Å². The van der Waals surface area contributed by atoms with Gasteiger partial charge in [-0.1, -0.05) is 56.7 Å². The number of hydrogen-bond donors (Lipinski definition) is 1. The van der Waals surface area contributed by atoms with Crippen LogP contribution in [0, 0.1) is 26.7 Å². The highest BCUT2D eigenvalue weighted by atomic mass is 32.2. The lowest BCUT2D eigenvalue weighted by molar-refractivity contribution is -0.141. The minimum Gasteiger partial charge on any atom is -0.354 e. The smallest absolute Gasteiger partial charge is 0.242 e. The number of carbonyl (C=O) groups is 2. The maximum atomic E-state index is 13.5. The zero-order valence-corrected chi connectivity index (χ0v) is 24.2. The third-order valence-corrected chi connectivity index (χ3v) is 7.67. The highest BCUT2D eigenvalue weighted by molar-refractivity contribution is 7.92. The van der Waals surface area contributed by atoms with Gasteiger partial charge in [0, 0.05) is 26.1 Å². The molecule has 2 aromatic carbocycles. The van der Waals surface area contributed by atoms with Gasteiger partial charge in [0.2, 0.25) is 21.8 Å². The van der Waals surface area contributed by atoms with Crippen molar-refractivity contribution in [1.82, 2.24) is 10.2 Å². The van der Waals surface area contributed by atoms with E-state index in [0.29, 0.717) is 37.5 Å². The molecule has 2 aromatic rings. The van der Waals surface area contributed by atoms with Crippen LogP contribution < -0.4 is 9.62 Å². The van der Waals surface area contributed by atoms with E-state index in [1.807, 2.05) is 77.9 Å². The van der Waals surface area contributed by atoms with Crippen molar-refractivity contribution >= 4 is 27.5 Å². The maximum Gasteiger partial charge on any atom is 0.242 e. The number of nitrogens with zero attached hydrogens (tertiary/aromatic N) is 2. The molecule has 0 aliphatic carbocycles. The topological polar surface area (TPSA) is 86.8 Å². The highest BCUT2D eigenvalue weighted by Gasteiger charge is 2.29. The zero-order chi connectivity index (χ0) is 27.8. The van der Waals surface area contributed by atoms with Crippen LogP contribution in [0.1, 0.15) is 62.3 Å². The van der Waals surface area contributed by atoms with Crippen LogP contribution in [0.5, 0.6) is 0 Å². The molecule has 0 radical (unpaired) electrons. The summed E-state index contributed by atoms with van der Waals surface area (Å²) in [6, 6.07) is 12.9. The Morgan fingerprint density at radius 2 is 1.62 bits per heavy atom. The molecule has 0 bridgehead atoms. The molecule has 7 nitrogen and oxygen atoms in total. The molecule has 0 aliphatic heterocycles. The van der Waals surface area contributed by atoms with Gasteiger partial charge in [-0.05, 0) is 68.4 Å². The third-order valence-electron chi connectivity index (χ3n) is 6.47. The standard InChI is InChI=1S/C29H43N3O4S/c1-8-27(29(34)30-19-21(2)3)31(20-25-14-11-22(4)12-15-25)28(33)10-9-17-32(37(7,35)36)26-16-13-23(5)24(6)18-26/h11-16,18,21,27H,8-10,17,19-20H2,1-7H3,(H,30,34). The molecular weight excluding hydrogens is 486 g/mol. The predicted octanol–water partition coefficient (Wildman–Crippen LogP) is 4.74. The molecule has 37 heavy (non-hydrogen) atoms. The van der Waals surface area contributed by atoms with Gasteiger partial charge in [0.15, 0.2) is 0 Å². The first-order valence-electron chi connectivity index (χ1n) is 13.0. The van der Waals surface area contributed by atoms with Crippen molar-refractivity contribution in [2.45, 2.75) is 73.4 Å². The van der Waals surface area contributed by atoms with Crippen molar-refractivity contribution in [3.8, 4) is 0 Å². The first-order valence-corrected chi connectivity index (χ1v) is 14.9. The van der Waals surface area contributed by atoms with Crippen molar-refractivity contribution in [2.75, 3.05) is 23.7 Å². The van der Waals surface area contributed by atoms with Crippen LogP contribution >= 0.6 is 0 Å². The van der Waals surface area contributed by atoms with E-state index >= 15 is 0 Å². The summed E-state index contributed by atoms with van der Waals surface area (Å²) in [6.07, 6.45) is 2.14. The van der Waals surface area contributed by atoms with Crippen LogP contribution in [-0.2, 0) is 26.2 Å². The Kier molecular flexibility index (Phi) is 11.2. The van der Waals surface area contributed by atoms with Gasteiger partial charge in [-0.15, -0.1) is 0 Å². The summed E-state index contributed by atoms with van der Waals surface area (Å²) in [6.45, 7) is 12.9. The normalized spacial score (nSPS) is 12.3. The van der Waals surface area contributed by atoms with Crippen LogP contribution in [0.15, 0.2) is 42.5 Å². The van der Waals surface area contributed by atoms with Crippen molar-refractivity contribution < 1.29 is 18.0 Å². The van der Waals surface area contributed by atoms with Crippen molar-refractivity contribution in [1.29, 1.82) is 0 Å². The molecule has 0 saturated carbocycles. The lowest BCUT2D eigenvalue weighted by atomic mass is 10.1. The van der Waals surface area contributed by atoms with Gasteiger partial charge in [-0.25, -0.2) is 8.42 Å². The Morgan fingerprint density at radius 1 is 0.973 bits per heavy atom. The largest absolute Gasteiger partial charge is 0.354 e. The summed E-state index contributed by atoms with van der Waals surface area (Å²) < 4.78 is 26.5. The molecule has 0 spiro atoms. The summed E-state index contributed by atoms with van der Waals surface area (Å²) in [7, 11) is -3.52. The van der Waals surface area contributed by atoms with E-state index in [-0.39, 0.29) is 24.8 Å². The monoisotopic (exact) mass is 529 g/mol. The molecule has 204 valence electrons. The fourth-order valence-corrected chi connectivity index (χ4v) is 5.07. The van der Waals surface area contributed by atoms with E-state index < -0.39 is 16.1 Å². The van der Waals surface area contributed by atoms with E-state index in [2.05, 4.69) is 5.32 Å². The zero-order valence-electron chi connectivity index (χ0n) is 23.4. The predicted molar refractivity (Wildman–Crippen MR) is 151 cm³/mol. The molecule has 0 heterocycles. The minimum absolute atomic E-state index is 0.136. The van der Waals surface area contributed by atoms with Gasteiger partial charge in [0.25, 0.3) is 0 Å². The molecule has 8 heteroatoms. The first-order chi connectivity index (χ1) is 17.3. The second kappa shape index (κ2) is 13.6. The lowest BCUT2D eigenvalue weighted by Gasteiger charge is -2.31. The van der Waals surface area contributed by atoms with E-state index in [0.717, 1.165) is 22.3 Å². The number of sulfonamides is 1. The van der Waals surface area contributed by atoms with Crippen LogP contribution in [0.25, 0.3) is 0 Å². The van der Waals surface area contributed by atoms with Gasteiger partial charge in [0.1, 0.15) is 6.04 Å².